The number of carbonyl (C=O) groups is 2. The summed E-state index contributed by atoms with van der Waals surface area (Å²) >= 11 is 0. The number of aromatic nitrogens is 1. The van der Waals surface area contributed by atoms with Crippen molar-refractivity contribution in [1.82, 2.24) is 4.98 Å². The molecule has 1 saturated carbocycles. The second kappa shape index (κ2) is 7.26. The highest BCUT2D eigenvalue weighted by Crippen LogP contribution is 2.52. The van der Waals surface area contributed by atoms with Crippen molar-refractivity contribution in [3.05, 3.63) is 71.3 Å². The fraction of sp³-hybridized carbons (Fsp3) is 0.208. The van der Waals surface area contributed by atoms with Crippen molar-refractivity contribution < 1.29 is 34.4 Å². The number of benzene rings is 2. The van der Waals surface area contributed by atoms with Gasteiger partial charge in [-0.25, -0.2) is 9.78 Å². The van der Waals surface area contributed by atoms with Crippen LogP contribution in [0.1, 0.15) is 35.8 Å². The van der Waals surface area contributed by atoms with Crippen LogP contribution >= 0.6 is 0 Å². The number of nitrogens with zero attached hydrogens (tertiary/aromatic N) is 1. The Balaban J connectivity index is 0.00000274. The quantitative estimate of drug-likeness (QED) is 0.564. The molecule has 0 saturated heterocycles. The summed E-state index contributed by atoms with van der Waals surface area (Å²) in [7, 11) is 0. The number of alkyl halides is 2. The molecule has 5 rings (SSSR count). The lowest BCUT2D eigenvalue weighted by molar-refractivity contribution is -0.286. The molecule has 0 bridgehead atoms. The van der Waals surface area contributed by atoms with Crippen LogP contribution in [0.2, 0.25) is 0 Å². The number of rotatable bonds is 5. The zero-order chi connectivity index (χ0) is 23.4. The first-order valence-electron chi connectivity index (χ1n) is 10.2. The van der Waals surface area contributed by atoms with E-state index in [2.05, 4.69) is 19.8 Å². The zero-order valence-electron chi connectivity index (χ0n) is 17.4. The first kappa shape index (κ1) is 20.9. The first-order valence-corrected chi connectivity index (χ1v) is 10.2. The number of carboxylic acid groups (broad SMARTS) is 1. The van der Waals surface area contributed by atoms with Gasteiger partial charge in [0.15, 0.2) is 11.5 Å². The number of fused-ring (bicyclic) bond motifs is 1. The summed E-state index contributed by atoms with van der Waals surface area (Å²) in [5.74, 6) is -1.15. The van der Waals surface area contributed by atoms with E-state index < -0.39 is 17.7 Å². The van der Waals surface area contributed by atoms with Crippen molar-refractivity contribution >= 4 is 17.7 Å². The second-order valence-electron chi connectivity index (χ2n) is 8.11. The van der Waals surface area contributed by atoms with Gasteiger partial charge in [0, 0.05) is 6.99 Å². The minimum absolute atomic E-state index is 0. The Labute approximate surface area is 188 Å². The average molecular weight is 454 g/mol. The highest BCUT2D eigenvalue weighted by molar-refractivity contribution is 6.01. The van der Waals surface area contributed by atoms with Crippen molar-refractivity contribution in [2.24, 2.45) is 0 Å². The number of pyridine rings is 1. The number of aromatic carboxylic acids is 1. The monoisotopic (exact) mass is 454 g/mol. The summed E-state index contributed by atoms with van der Waals surface area (Å²) in [5.41, 5.74) is 2.06. The molecule has 2 heterocycles. The Bertz CT molecular complexity index is 1290. The highest BCUT2D eigenvalue weighted by atomic mass is 19.3. The fourth-order valence-electron chi connectivity index (χ4n) is 3.92. The number of ether oxygens (including phenoxy) is 2. The summed E-state index contributed by atoms with van der Waals surface area (Å²) in [5, 5.41) is 11.9. The summed E-state index contributed by atoms with van der Waals surface area (Å²) in [6.45, 7) is 1.86. The number of anilines is 1. The van der Waals surface area contributed by atoms with Crippen molar-refractivity contribution in [1.29, 1.82) is 0 Å². The molecule has 1 aromatic heterocycles. The van der Waals surface area contributed by atoms with Gasteiger partial charge in [0.05, 0.1) is 16.7 Å². The van der Waals surface area contributed by atoms with Crippen LogP contribution in [-0.2, 0) is 10.2 Å². The predicted octanol–water partition coefficient (Wildman–Crippen LogP) is 4.99. The number of hydrogen-bond donors (Lipinski definition) is 2. The summed E-state index contributed by atoms with van der Waals surface area (Å²) in [6.07, 6.45) is -2.60. The molecule has 3 aromatic rings. The Kier molecular flexibility index (Phi) is 4.59. The largest absolute Gasteiger partial charge is 0.586 e. The van der Waals surface area contributed by atoms with E-state index in [0.29, 0.717) is 35.5 Å². The van der Waals surface area contributed by atoms with Gasteiger partial charge in [0.1, 0.15) is 5.82 Å². The van der Waals surface area contributed by atoms with Gasteiger partial charge < -0.3 is 19.9 Å². The topological polar surface area (TPSA) is 97.8 Å². The Hall–Kier alpha value is -4.01. The first-order chi connectivity index (χ1) is 15.7. The van der Waals surface area contributed by atoms with Crippen molar-refractivity contribution in [3.63, 3.8) is 0 Å². The maximum atomic E-state index is 13.3. The number of carbonyl (C=O) groups excluding carboxylic acids is 1. The molecule has 7 nitrogen and oxygen atoms in total. The van der Waals surface area contributed by atoms with E-state index in [1.807, 2.05) is 13.0 Å². The molecule has 33 heavy (non-hydrogen) atoms. The van der Waals surface area contributed by atoms with Gasteiger partial charge in [-0.2, -0.15) is 0 Å². The zero-order valence-corrected chi connectivity index (χ0v) is 17.4. The molecule has 1 amide bonds. The number of carboxylic acids is 1. The Morgan fingerprint density at radius 3 is 2.39 bits per heavy atom. The maximum Gasteiger partial charge on any atom is 0.586 e. The smallest absolute Gasteiger partial charge is 0.478 e. The molecule has 0 atom stereocenters. The summed E-state index contributed by atoms with van der Waals surface area (Å²) in [4.78, 5) is 28.8. The van der Waals surface area contributed by atoms with Crippen molar-refractivity contribution in [3.8, 4) is 22.8 Å². The number of amides is 1. The lowest BCUT2D eigenvalue weighted by atomic mass is 9.94. The molecule has 0 spiro atoms. The number of nitrogens with one attached hydrogen (secondary N) is 1. The SMILES string of the molecule is Cc1ccc(NC(=O)C2(c3ccc4c(c3)OC(F)(F)O4)CC2)nc1-c1ccc(C(=O)O)cc1.[HH]. The van der Waals surface area contributed by atoms with E-state index in [-0.39, 0.29) is 24.4 Å². The van der Waals surface area contributed by atoms with Crippen molar-refractivity contribution in [2.75, 3.05) is 5.32 Å². The third-order valence-electron chi connectivity index (χ3n) is 5.88. The Morgan fingerprint density at radius 1 is 1.03 bits per heavy atom. The van der Waals surface area contributed by atoms with E-state index in [1.54, 1.807) is 24.3 Å². The van der Waals surface area contributed by atoms with Gasteiger partial charge in [0.25, 0.3) is 0 Å². The molecular weight excluding hydrogens is 434 g/mol. The second-order valence-corrected chi connectivity index (χ2v) is 8.11. The van der Waals surface area contributed by atoms with Gasteiger partial charge in [-0.15, -0.1) is 8.78 Å². The average Bonchev–Trinajstić information content (AvgIpc) is 3.52. The van der Waals surface area contributed by atoms with Crippen LogP contribution in [0, 0.1) is 6.92 Å². The number of halogens is 2. The van der Waals surface area contributed by atoms with E-state index in [0.717, 1.165) is 5.56 Å². The van der Waals surface area contributed by atoms with Gasteiger partial charge in [-0.05, 0) is 61.2 Å². The molecular formula is C24H20F2N2O5. The molecule has 0 radical (unpaired) electrons. The minimum atomic E-state index is -3.72. The van der Waals surface area contributed by atoms with Crippen LogP contribution < -0.4 is 14.8 Å². The van der Waals surface area contributed by atoms with E-state index in [4.69, 9.17) is 5.11 Å². The summed E-state index contributed by atoms with van der Waals surface area (Å²) < 4.78 is 35.6. The van der Waals surface area contributed by atoms with E-state index in [9.17, 15) is 18.4 Å². The highest BCUT2D eigenvalue weighted by Gasteiger charge is 2.53. The fourth-order valence-corrected chi connectivity index (χ4v) is 3.92. The van der Waals surface area contributed by atoms with Crippen LogP contribution in [0.15, 0.2) is 54.6 Å². The molecule has 2 aromatic carbocycles. The van der Waals surface area contributed by atoms with E-state index >= 15 is 0 Å². The van der Waals surface area contributed by atoms with Crippen molar-refractivity contribution in [2.45, 2.75) is 31.5 Å². The number of hydrogen-bond acceptors (Lipinski definition) is 5. The normalized spacial score (nSPS) is 16.8. The van der Waals surface area contributed by atoms with Gasteiger partial charge >= 0.3 is 12.3 Å². The third-order valence-corrected chi connectivity index (χ3v) is 5.88. The van der Waals surface area contributed by atoms with Gasteiger partial charge in [-0.3, -0.25) is 4.79 Å². The molecule has 1 aliphatic heterocycles. The molecule has 2 N–H and O–H groups in total. The predicted molar refractivity (Wildman–Crippen MR) is 116 cm³/mol. The van der Waals surface area contributed by atoms with E-state index in [1.165, 1.54) is 24.3 Å². The van der Waals surface area contributed by atoms with Gasteiger partial charge in [-0.1, -0.05) is 24.3 Å². The van der Waals surface area contributed by atoms with Crippen LogP contribution in [0.5, 0.6) is 11.5 Å². The standard InChI is InChI=1S/C24H18F2N2O5.H2/c1-13-2-9-19(27-20(13)14-3-5-15(6-4-14)21(29)30)28-22(31)23(10-11-23)16-7-8-17-18(12-16)33-24(25,26)32-17;/h2-9,12H,10-11H2,1H3,(H,29,30)(H,27,28,31);1H. The molecule has 9 heteroatoms. The number of aryl methyl sites for hydroxylation is 1. The maximum absolute atomic E-state index is 13.3. The van der Waals surface area contributed by atoms with Crippen LogP contribution in [-0.4, -0.2) is 28.3 Å². The van der Waals surface area contributed by atoms with Crippen LogP contribution in [0.4, 0.5) is 14.6 Å². The summed E-state index contributed by atoms with van der Waals surface area (Å²) in [6, 6.07) is 14.2. The lowest BCUT2D eigenvalue weighted by Gasteiger charge is -2.17. The molecule has 1 fully saturated rings. The lowest BCUT2D eigenvalue weighted by Crippen LogP contribution is -2.28. The molecule has 2 aliphatic rings. The molecule has 170 valence electrons. The van der Waals surface area contributed by atoms with Crippen LogP contribution in [0.25, 0.3) is 11.3 Å². The van der Waals surface area contributed by atoms with Crippen LogP contribution in [0.3, 0.4) is 0 Å². The van der Waals surface area contributed by atoms with Gasteiger partial charge in [0.2, 0.25) is 5.91 Å². The third kappa shape index (κ3) is 3.75. The molecule has 0 unspecified atom stereocenters. The molecule has 1 aliphatic carbocycles. The minimum Gasteiger partial charge on any atom is -0.478 e. The Morgan fingerprint density at radius 2 is 1.73 bits per heavy atom.